The van der Waals surface area contributed by atoms with Crippen molar-refractivity contribution in [3.63, 3.8) is 0 Å². The second-order valence-corrected chi connectivity index (χ2v) is 11.5. The van der Waals surface area contributed by atoms with Crippen LogP contribution in [0.1, 0.15) is 23.3 Å². The maximum atomic E-state index is 10.4. The number of likely N-dealkylation sites (N-methyl/N-ethyl adjacent to an activating group) is 1. The Morgan fingerprint density at radius 2 is 1.70 bits per heavy atom. The molecule has 0 atom stereocenters. The zero-order valence-corrected chi connectivity index (χ0v) is 19.8. The molecule has 8 heteroatoms. The summed E-state index contributed by atoms with van der Waals surface area (Å²) in [6, 6.07) is 10.2. The third-order valence-electron chi connectivity index (χ3n) is 4.07. The molecule has 1 aromatic carbocycles. The van der Waals surface area contributed by atoms with Gasteiger partial charge in [0, 0.05) is 17.9 Å². The highest BCUT2D eigenvalue weighted by Gasteiger charge is 2.14. The molecule has 0 amide bonds. The zero-order valence-electron chi connectivity index (χ0n) is 16.0. The lowest BCUT2D eigenvalue weighted by molar-refractivity contribution is -0.890. The molecular formula is C19H28INO4S2. The molecular weight excluding hydrogens is 497 g/mol. The van der Waals surface area contributed by atoms with Crippen molar-refractivity contribution in [1.29, 1.82) is 0 Å². The standard InChI is InChI=1S/C12H21INOS.C7H8O3S/c1-14(2,8-3-4-10-15)9-7-11-5-6-12(13)16-11;1-6-2-4-7(5-3-6)11(8,9)10/h5-6,15H,3-4,7-10H2,1-2H3;2-5H,1H3,(H,8,9,10)/q+1;/p-1. The van der Waals surface area contributed by atoms with Crippen LogP contribution < -0.4 is 0 Å². The fourth-order valence-corrected chi connectivity index (χ4v) is 4.58. The molecule has 0 spiro atoms. The third kappa shape index (κ3) is 10.6. The minimum Gasteiger partial charge on any atom is -0.744 e. The number of thiophene rings is 1. The van der Waals surface area contributed by atoms with Gasteiger partial charge in [-0.05, 0) is 66.6 Å². The number of unbranched alkanes of at least 4 members (excludes halogenated alkanes) is 1. The van der Waals surface area contributed by atoms with Crippen LogP contribution in [0.15, 0.2) is 41.3 Å². The van der Waals surface area contributed by atoms with Crippen molar-refractivity contribution in [2.24, 2.45) is 0 Å². The number of nitrogens with zero attached hydrogens (tertiary/aromatic N) is 1. The number of aliphatic hydroxyl groups excluding tert-OH is 1. The van der Waals surface area contributed by atoms with Gasteiger partial charge in [-0.25, -0.2) is 8.42 Å². The summed E-state index contributed by atoms with van der Waals surface area (Å²) in [4.78, 5) is 1.31. The molecule has 152 valence electrons. The summed E-state index contributed by atoms with van der Waals surface area (Å²) in [5.74, 6) is 0. The number of aryl methyl sites for hydroxylation is 1. The molecule has 0 aliphatic rings. The molecule has 1 N–H and O–H groups in total. The van der Waals surface area contributed by atoms with E-state index in [9.17, 15) is 13.0 Å². The maximum absolute atomic E-state index is 10.4. The Kier molecular flexibility index (Phi) is 10.4. The van der Waals surface area contributed by atoms with Gasteiger partial charge in [-0.2, -0.15) is 0 Å². The average Bonchev–Trinajstić information content (AvgIpc) is 2.99. The van der Waals surface area contributed by atoms with Gasteiger partial charge in [-0.3, -0.25) is 0 Å². The van der Waals surface area contributed by atoms with Crippen molar-refractivity contribution < 1.29 is 22.6 Å². The van der Waals surface area contributed by atoms with E-state index in [1.54, 1.807) is 12.1 Å². The molecule has 0 aliphatic heterocycles. The zero-order chi connectivity index (χ0) is 20.5. The molecule has 2 rings (SSSR count). The van der Waals surface area contributed by atoms with Gasteiger partial charge < -0.3 is 14.1 Å². The molecule has 1 aromatic heterocycles. The van der Waals surface area contributed by atoms with Crippen molar-refractivity contribution in [1.82, 2.24) is 0 Å². The smallest absolute Gasteiger partial charge is 0.124 e. The van der Waals surface area contributed by atoms with Gasteiger partial charge in [0.15, 0.2) is 0 Å². The van der Waals surface area contributed by atoms with Gasteiger partial charge >= 0.3 is 0 Å². The van der Waals surface area contributed by atoms with Crippen molar-refractivity contribution in [3.8, 4) is 0 Å². The summed E-state index contributed by atoms with van der Waals surface area (Å²) in [6.07, 6.45) is 3.21. The van der Waals surface area contributed by atoms with Crippen LogP contribution in [0.3, 0.4) is 0 Å². The first-order chi connectivity index (χ1) is 12.5. The Hall–Kier alpha value is -0.520. The van der Waals surface area contributed by atoms with E-state index in [2.05, 4.69) is 48.8 Å². The summed E-state index contributed by atoms with van der Waals surface area (Å²) >= 11 is 4.27. The number of hydrogen-bond acceptors (Lipinski definition) is 5. The van der Waals surface area contributed by atoms with Gasteiger partial charge in [0.1, 0.15) is 10.1 Å². The lowest BCUT2D eigenvalue weighted by Crippen LogP contribution is -2.42. The largest absolute Gasteiger partial charge is 0.744 e. The Labute approximate surface area is 180 Å². The van der Waals surface area contributed by atoms with E-state index in [0.717, 1.165) is 29.4 Å². The minimum atomic E-state index is -4.27. The van der Waals surface area contributed by atoms with Crippen molar-refractivity contribution in [3.05, 3.63) is 49.7 Å². The molecule has 5 nitrogen and oxygen atoms in total. The summed E-state index contributed by atoms with van der Waals surface area (Å²) in [5, 5.41) is 8.77. The lowest BCUT2D eigenvalue weighted by atomic mass is 10.2. The van der Waals surface area contributed by atoms with Crippen LogP contribution in [-0.4, -0.2) is 56.4 Å². The number of hydrogen-bond donors (Lipinski definition) is 1. The summed E-state index contributed by atoms with van der Waals surface area (Å²) in [7, 11) is 0.278. The van der Waals surface area contributed by atoms with Crippen molar-refractivity contribution in [2.75, 3.05) is 33.8 Å². The highest BCUT2D eigenvalue weighted by atomic mass is 127. The predicted octanol–water partition coefficient (Wildman–Crippen LogP) is 3.64. The molecule has 27 heavy (non-hydrogen) atoms. The van der Waals surface area contributed by atoms with Gasteiger partial charge in [0.2, 0.25) is 0 Å². The van der Waals surface area contributed by atoms with Gasteiger partial charge in [0.05, 0.1) is 35.0 Å². The lowest BCUT2D eigenvalue weighted by Gasteiger charge is -2.29. The molecule has 1 heterocycles. The van der Waals surface area contributed by atoms with E-state index in [1.165, 1.54) is 32.9 Å². The van der Waals surface area contributed by atoms with Crippen LogP contribution in [0.4, 0.5) is 0 Å². The van der Waals surface area contributed by atoms with Crippen LogP contribution in [-0.2, 0) is 16.5 Å². The first kappa shape index (κ1) is 24.5. The van der Waals surface area contributed by atoms with Gasteiger partial charge in [0.25, 0.3) is 0 Å². The van der Waals surface area contributed by atoms with Crippen LogP contribution in [0.5, 0.6) is 0 Å². The molecule has 0 saturated heterocycles. The Bertz CT molecular complexity index is 786. The SMILES string of the molecule is C[N+](C)(CCCCO)CCc1ccc(I)s1.Cc1ccc(S(=O)(=O)[O-])cc1. The molecule has 0 bridgehead atoms. The monoisotopic (exact) mass is 525 g/mol. The number of benzene rings is 1. The number of halogens is 1. The Morgan fingerprint density at radius 3 is 2.19 bits per heavy atom. The quantitative estimate of drug-likeness (QED) is 0.247. The van der Waals surface area contributed by atoms with Crippen molar-refractivity contribution >= 4 is 44.0 Å². The molecule has 0 radical (unpaired) electrons. The normalized spacial score (nSPS) is 11.8. The second kappa shape index (κ2) is 11.5. The van der Waals surface area contributed by atoms with Gasteiger partial charge in [-0.15, -0.1) is 11.3 Å². The predicted molar refractivity (Wildman–Crippen MR) is 118 cm³/mol. The van der Waals surface area contributed by atoms with E-state index in [-0.39, 0.29) is 4.90 Å². The molecule has 2 aromatic rings. The Morgan fingerprint density at radius 1 is 1.07 bits per heavy atom. The Balaban J connectivity index is 0.000000289. The highest BCUT2D eigenvalue weighted by molar-refractivity contribution is 14.1. The van der Waals surface area contributed by atoms with E-state index >= 15 is 0 Å². The van der Waals surface area contributed by atoms with E-state index in [4.69, 9.17) is 5.11 Å². The van der Waals surface area contributed by atoms with E-state index < -0.39 is 10.1 Å². The minimum absolute atomic E-state index is 0.178. The molecule has 0 fully saturated rings. The fourth-order valence-electron chi connectivity index (χ4n) is 2.37. The van der Waals surface area contributed by atoms with Crippen LogP contribution in [0.25, 0.3) is 0 Å². The first-order valence-electron chi connectivity index (χ1n) is 8.73. The second-order valence-electron chi connectivity index (χ2n) is 7.04. The number of rotatable bonds is 8. The molecule has 0 unspecified atom stereocenters. The van der Waals surface area contributed by atoms with Gasteiger partial charge in [-0.1, -0.05) is 17.7 Å². The number of quaternary nitrogens is 1. The summed E-state index contributed by atoms with van der Waals surface area (Å²) < 4.78 is 33.6. The van der Waals surface area contributed by atoms with Crippen LogP contribution in [0.2, 0.25) is 0 Å². The van der Waals surface area contributed by atoms with Crippen LogP contribution in [0, 0.1) is 9.81 Å². The van der Waals surface area contributed by atoms with Crippen molar-refractivity contribution in [2.45, 2.75) is 31.1 Å². The fraction of sp³-hybridized carbons (Fsp3) is 0.474. The summed E-state index contributed by atoms with van der Waals surface area (Å²) in [5.41, 5.74) is 0.928. The van der Waals surface area contributed by atoms with E-state index in [0.29, 0.717) is 6.61 Å². The molecule has 0 saturated carbocycles. The topological polar surface area (TPSA) is 77.4 Å². The van der Waals surface area contributed by atoms with Crippen LogP contribution >= 0.6 is 33.9 Å². The third-order valence-corrected chi connectivity index (χ3v) is 6.88. The first-order valence-corrected chi connectivity index (χ1v) is 12.0. The highest BCUT2D eigenvalue weighted by Crippen LogP contribution is 2.19. The molecule has 0 aliphatic carbocycles. The van der Waals surface area contributed by atoms with E-state index in [1.807, 2.05) is 18.3 Å². The average molecular weight is 525 g/mol. The maximum Gasteiger partial charge on any atom is 0.124 e. The number of aliphatic hydroxyl groups is 1. The summed E-state index contributed by atoms with van der Waals surface area (Å²) in [6.45, 7) is 4.48.